The van der Waals surface area contributed by atoms with Gasteiger partial charge in [0.2, 0.25) is 0 Å². The first kappa shape index (κ1) is 18.7. The maximum atomic E-state index is 11.1. The minimum atomic E-state index is -1.03. The molecule has 0 amide bonds. The van der Waals surface area contributed by atoms with Crippen molar-refractivity contribution in [1.29, 1.82) is 0 Å². The number of carboxylic acids is 1. The molecule has 0 aromatic heterocycles. The van der Waals surface area contributed by atoms with Crippen molar-refractivity contribution in [2.24, 2.45) is 5.16 Å². The SMILES string of the molecule is CCCCOC1C(c2cc(Br)ccc2O[C@@H](C)C(=O)O)=NOC1C. The number of hydrogen-bond donors (Lipinski definition) is 1. The summed E-state index contributed by atoms with van der Waals surface area (Å²) >= 11 is 3.43. The molecule has 0 spiro atoms. The van der Waals surface area contributed by atoms with Crippen LogP contribution in [0, 0.1) is 0 Å². The van der Waals surface area contributed by atoms with Crippen molar-refractivity contribution in [2.75, 3.05) is 6.61 Å². The normalized spacial score (nSPS) is 21.1. The lowest BCUT2D eigenvalue weighted by Gasteiger charge is -2.19. The smallest absolute Gasteiger partial charge is 0.344 e. The number of ether oxygens (including phenoxy) is 2. The van der Waals surface area contributed by atoms with Crippen LogP contribution in [0.2, 0.25) is 0 Å². The average Bonchev–Trinajstić information content (AvgIpc) is 2.90. The second kappa shape index (κ2) is 8.48. The molecule has 0 saturated carbocycles. The number of aliphatic carboxylic acids is 1. The van der Waals surface area contributed by atoms with Gasteiger partial charge >= 0.3 is 5.97 Å². The highest BCUT2D eigenvalue weighted by atomic mass is 79.9. The fourth-order valence-electron chi connectivity index (χ4n) is 2.29. The topological polar surface area (TPSA) is 77.4 Å². The maximum absolute atomic E-state index is 11.1. The Kier molecular flexibility index (Phi) is 6.62. The third-order valence-corrected chi connectivity index (χ3v) is 4.17. The molecule has 2 unspecified atom stereocenters. The Morgan fingerprint density at radius 2 is 2.25 bits per heavy atom. The van der Waals surface area contributed by atoms with Crippen molar-refractivity contribution in [1.82, 2.24) is 0 Å². The van der Waals surface area contributed by atoms with Crippen molar-refractivity contribution >= 4 is 27.6 Å². The van der Waals surface area contributed by atoms with E-state index in [0.717, 1.165) is 17.3 Å². The van der Waals surface area contributed by atoms with E-state index in [9.17, 15) is 4.79 Å². The summed E-state index contributed by atoms with van der Waals surface area (Å²) in [5.74, 6) is -0.591. The lowest BCUT2D eigenvalue weighted by atomic mass is 10.0. The van der Waals surface area contributed by atoms with Gasteiger partial charge in [-0.1, -0.05) is 34.4 Å². The predicted octanol–water partition coefficient (Wildman–Crippen LogP) is 3.61. The lowest BCUT2D eigenvalue weighted by molar-refractivity contribution is -0.144. The van der Waals surface area contributed by atoms with E-state index in [4.69, 9.17) is 19.4 Å². The third-order valence-electron chi connectivity index (χ3n) is 3.68. The summed E-state index contributed by atoms with van der Waals surface area (Å²) in [6.07, 6.45) is 0.503. The Hall–Kier alpha value is -1.60. The lowest BCUT2D eigenvalue weighted by Crippen LogP contribution is -2.32. The fraction of sp³-hybridized carbons (Fsp3) is 0.529. The summed E-state index contributed by atoms with van der Waals surface area (Å²) in [5.41, 5.74) is 1.29. The van der Waals surface area contributed by atoms with Gasteiger partial charge < -0.3 is 19.4 Å². The van der Waals surface area contributed by atoms with Crippen LogP contribution >= 0.6 is 15.9 Å². The van der Waals surface area contributed by atoms with Gasteiger partial charge in [-0.15, -0.1) is 0 Å². The van der Waals surface area contributed by atoms with Crippen molar-refractivity contribution in [3.63, 3.8) is 0 Å². The van der Waals surface area contributed by atoms with Gasteiger partial charge in [0.25, 0.3) is 0 Å². The van der Waals surface area contributed by atoms with E-state index in [0.29, 0.717) is 23.6 Å². The second-order valence-corrected chi connectivity index (χ2v) is 6.59. The van der Waals surface area contributed by atoms with Gasteiger partial charge in [0, 0.05) is 16.6 Å². The zero-order valence-corrected chi connectivity index (χ0v) is 15.6. The minimum absolute atomic E-state index is 0.208. The van der Waals surface area contributed by atoms with E-state index < -0.39 is 12.1 Å². The van der Waals surface area contributed by atoms with E-state index in [1.54, 1.807) is 12.1 Å². The molecule has 1 N–H and O–H groups in total. The van der Waals surface area contributed by atoms with Crippen LogP contribution in [0.15, 0.2) is 27.8 Å². The van der Waals surface area contributed by atoms with Crippen molar-refractivity contribution in [3.05, 3.63) is 28.2 Å². The Bertz CT molecular complexity index is 619. The molecule has 1 aliphatic rings. The molecule has 0 bridgehead atoms. The first-order valence-electron chi connectivity index (χ1n) is 7.98. The number of hydrogen-bond acceptors (Lipinski definition) is 5. The number of nitrogens with zero attached hydrogens (tertiary/aromatic N) is 1. The van der Waals surface area contributed by atoms with Crippen LogP contribution in [0.25, 0.3) is 0 Å². The highest BCUT2D eigenvalue weighted by molar-refractivity contribution is 9.10. The van der Waals surface area contributed by atoms with Crippen LogP contribution < -0.4 is 4.74 Å². The van der Waals surface area contributed by atoms with Gasteiger partial charge in [-0.25, -0.2) is 4.79 Å². The van der Waals surface area contributed by atoms with Crippen LogP contribution in [0.5, 0.6) is 5.75 Å². The average molecular weight is 400 g/mol. The molecule has 24 heavy (non-hydrogen) atoms. The number of benzene rings is 1. The van der Waals surface area contributed by atoms with Gasteiger partial charge in [-0.3, -0.25) is 0 Å². The molecule has 7 heteroatoms. The van der Waals surface area contributed by atoms with Crippen molar-refractivity contribution in [2.45, 2.75) is 51.9 Å². The van der Waals surface area contributed by atoms with Crippen LogP contribution in [0.1, 0.15) is 39.2 Å². The monoisotopic (exact) mass is 399 g/mol. The molecular formula is C17H22BrNO5. The van der Waals surface area contributed by atoms with Gasteiger partial charge in [-0.2, -0.15) is 0 Å². The predicted molar refractivity (Wildman–Crippen MR) is 93.6 cm³/mol. The van der Waals surface area contributed by atoms with Crippen LogP contribution in [0.4, 0.5) is 0 Å². The zero-order chi connectivity index (χ0) is 17.7. The molecule has 6 nitrogen and oxygen atoms in total. The summed E-state index contributed by atoms with van der Waals surface area (Å²) in [6.45, 7) is 6.09. The molecule has 1 heterocycles. The summed E-state index contributed by atoms with van der Waals surface area (Å²) in [7, 11) is 0. The summed E-state index contributed by atoms with van der Waals surface area (Å²) in [6, 6.07) is 5.34. The molecule has 0 aliphatic carbocycles. The first-order valence-corrected chi connectivity index (χ1v) is 8.78. The van der Waals surface area contributed by atoms with E-state index in [1.165, 1.54) is 6.92 Å². The molecule has 1 aliphatic heterocycles. The van der Waals surface area contributed by atoms with Crippen molar-refractivity contribution in [3.8, 4) is 5.75 Å². The molecule has 2 rings (SSSR count). The van der Waals surface area contributed by atoms with E-state index in [1.807, 2.05) is 13.0 Å². The van der Waals surface area contributed by atoms with Crippen LogP contribution in [0.3, 0.4) is 0 Å². The first-order chi connectivity index (χ1) is 11.4. The van der Waals surface area contributed by atoms with Crippen molar-refractivity contribution < 1.29 is 24.2 Å². The molecule has 1 aromatic carbocycles. The number of halogens is 1. The Balaban J connectivity index is 2.28. The standard InChI is InChI=1S/C17H22BrNO5/c1-4-5-8-22-16-10(2)24-19-15(16)13-9-12(18)6-7-14(13)23-11(3)17(20)21/h6-7,9-11,16H,4-5,8H2,1-3H3,(H,20,21)/t10?,11-,16?/m0/s1. The number of carboxylic acid groups (broad SMARTS) is 1. The second-order valence-electron chi connectivity index (χ2n) is 5.67. The van der Waals surface area contributed by atoms with E-state index >= 15 is 0 Å². The molecule has 1 aromatic rings. The van der Waals surface area contributed by atoms with Crippen LogP contribution in [-0.4, -0.2) is 41.7 Å². The molecule has 0 fully saturated rings. The molecule has 0 saturated heterocycles. The third kappa shape index (κ3) is 4.48. The quantitative estimate of drug-likeness (QED) is 0.675. The summed E-state index contributed by atoms with van der Waals surface area (Å²) < 4.78 is 12.3. The summed E-state index contributed by atoms with van der Waals surface area (Å²) in [5, 5.41) is 13.2. The number of rotatable bonds is 8. The number of oxime groups is 1. The zero-order valence-electron chi connectivity index (χ0n) is 14.0. The van der Waals surface area contributed by atoms with Gasteiger partial charge in [0.1, 0.15) is 17.6 Å². The van der Waals surface area contributed by atoms with E-state index in [-0.39, 0.29) is 12.2 Å². The largest absolute Gasteiger partial charge is 0.479 e. The minimum Gasteiger partial charge on any atom is -0.479 e. The maximum Gasteiger partial charge on any atom is 0.344 e. The van der Waals surface area contributed by atoms with Gasteiger partial charge in [0.05, 0.1) is 0 Å². The highest BCUT2D eigenvalue weighted by Crippen LogP contribution is 2.30. The fourth-order valence-corrected chi connectivity index (χ4v) is 2.65. The Morgan fingerprint density at radius 3 is 2.92 bits per heavy atom. The van der Waals surface area contributed by atoms with E-state index in [2.05, 4.69) is 28.0 Å². The molecule has 0 radical (unpaired) electrons. The summed E-state index contributed by atoms with van der Waals surface area (Å²) in [4.78, 5) is 16.5. The Morgan fingerprint density at radius 1 is 1.50 bits per heavy atom. The highest BCUT2D eigenvalue weighted by Gasteiger charge is 2.34. The molecule has 132 valence electrons. The molecular weight excluding hydrogens is 378 g/mol. The molecule has 3 atom stereocenters. The Labute approximate surface area is 149 Å². The number of carbonyl (C=O) groups is 1. The number of unbranched alkanes of at least 4 members (excludes halogenated alkanes) is 1. The van der Waals surface area contributed by atoms with Gasteiger partial charge in [0.15, 0.2) is 12.2 Å². The van der Waals surface area contributed by atoms with Gasteiger partial charge in [-0.05, 0) is 38.5 Å². The van der Waals surface area contributed by atoms with Crippen LogP contribution in [-0.2, 0) is 14.4 Å².